The van der Waals surface area contributed by atoms with Crippen LogP contribution in [0, 0.1) is 0 Å². The van der Waals surface area contributed by atoms with E-state index in [2.05, 4.69) is 10.3 Å². The van der Waals surface area contributed by atoms with Crippen molar-refractivity contribution in [3.05, 3.63) is 94.0 Å². The summed E-state index contributed by atoms with van der Waals surface area (Å²) in [5.74, 6) is -1.01. The molecule has 1 N–H and O–H groups in total. The van der Waals surface area contributed by atoms with Crippen LogP contribution in [0.25, 0.3) is 0 Å². The normalized spacial score (nSPS) is 16.5. The Kier molecular flexibility index (Phi) is 8.87. The highest BCUT2D eigenvalue weighted by molar-refractivity contribution is 8.15. The first-order chi connectivity index (χ1) is 17.8. The van der Waals surface area contributed by atoms with Gasteiger partial charge in [-0.3, -0.25) is 14.5 Å². The molecule has 0 spiro atoms. The number of benzene rings is 3. The van der Waals surface area contributed by atoms with Crippen molar-refractivity contribution in [2.45, 2.75) is 25.1 Å². The Bertz CT molecular complexity index is 1310. The number of amides is 2. The average Bonchev–Trinajstić information content (AvgIpc) is 2.86. The van der Waals surface area contributed by atoms with Crippen LogP contribution in [0.4, 0.5) is 11.4 Å². The number of nitrogens with zero attached hydrogens (tertiary/aromatic N) is 2. The molecule has 10 heteroatoms. The van der Waals surface area contributed by atoms with Gasteiger partial charge in [0.05, 0.1) is 24.4 Å². The maximum atomic E-state index is 13.2. The second-order valence-corrected chi connectivity index (χ2v) is 10.1. The van der Waals surface area contributed by atoms with Crippen LogP contribution in [0.2, 0.25) is 10.0 Å². The first-order valence-corrected chi connectivity index (χ1v) is 13.1. The fraction of sp³-hybridized carbons (Fsp3) is 0.185. The average molecular weight is 556 g/mol. The molecule has 1 saturated heterocycles. The first kappa shape index (κ1) is 26.7. The Morgan fingerprint density at radius 2 is 1.73 bits per heavy atom. The number of hydrogen-bond donors (Lipinski definition) is 1. The van der Waals surface area contributed by atoms with Gasteiger partial charge < -0.3 is 10.1 Å². The zero-order valence-corrected chi connectivity index (χ0v) is 22.1. The molecular weight excluding hydrogens is 533 g/mol. The quantitative estimate of drug-likeness (QED) is 0.344. The lowest BCUT2D eigenvalue weighted by atomic mass is 10.2. The minimum Gasteiger partial charge on any atom is -0.462 e. The predicted molar refractivity (Wildman–Crippen MR) is 148 cm³/mol. The summed E-state index contributed by atoms with van der Waals surface area (Å²) in [5, 5.41) is 3.23. The van der Waals surface area contributed by atoms with Crippen LogP contribution in [-0.4, -0.2) is 39.7 Å². The van der Waals surface area contributed by atoms with E-state index in [1.807, 2.05) is 30.3 Å². The van der Waals surface area contributed by atoms with Crippen LogP contribution in [0.5, 0.6) is 0 Å². The zero-order chi connectivity index (χ0) is 26.4. The molecule has 1 aliphatic rings. The molecule has 1 fully saturated rings. The van der Waals surface area contributed by atoms with Crippen LogP contribution in [0.15, 0.2) is 77.8 Å². The van der Waals surface area contributed by atoms with E-state index in [1.165, 1.54) is 11.8 Å². The van der Waals surface area contributed by atoms with E-state index in [4.69, 9.17) is 27.9 Å². The topological polar surface area (TPSA) is 88.1 Å². The zero-order valence-electron chi connectivity index (χ0n) is 19.8. The molecule has 1 aliphatic heterocycles. The van der Waals surface area contributed by atoms with Gasteiger partial charge in [-0.2, -0.15) is 0 Å². The molecule has 3 aromatic carbocycles. The molecular formula is C27H23Cl2N3O4S. The molecule has 1 atom stereocenters. The lowest BCUT2D eigenvalue weighted by molar-refractivity contribution is -0.129. The fourth-order valence-corrected chi connectivity index (χ4v) is 5.23. The van der Waals surface area contributed by atoms with Crippen LogP contribution in [0.3, 0.4) is 0 Å². The molecule has 0 aromatic heterocycles. The smallest absolute Gasteiger partial charge is 0.338 e. The number of amidine groups is 1. The highest BCUT2D eigenvalue weighted by Gasteiger charge is 2.36. The van der Waals surface area contributed by atoms with Gasteiger partial charge in [-0.25, -0.2) is 9.79 Å². The molecule has 0 bridgehead atoms. The standard InChI is InChI=1S/C27H23Cl2N3O4S/c1-2-36-26(35)18-8-10-21(11-9-18)31-27-32(16-17-6-4-3-5-7-17)24(33)15-23(37-27)25(34)30-22-13-19(28)12-20(29)14-22/h3-14,23H,2,15-16H2,1H3,(H,30,34). The number of thioether (sulfide) groups is 1. The van der Waals surface area contributed by atoms with Crippen LogP contribution in [-0.2, 0) is 20.9 Å². The summed E-state index contributed by atoms with van der Waals surface area (Å²) >= 11 is 13.3. The van der Waals surface area contributed by atoms with Gasteiger partial charge in [0.25, 0.3) is 0 Å². The molecule has 4 rings (SSSR count). The minimum atomic E-state index is -0.713. The third-order valence-corrected chi connectivity index (χ3v) is 6.97. The number of nitrogens with one attached hydrogen (secondary N) is 1. The van der Waals surface area contributed by atoms with Crippen LogP contribution >= 0.6 is 35.0 Å². The van der Waals surface area contributed by atoms with Gasteiger partial charge in [-0.05, 0) is 55.0 Å². The number of halogens is 2. The van der Waals surface area contributed by atoms with Crippen LogP contribution in [0.1, 0.15) is 29.3 Å². The molecule has 3 aromatic rings. The monoisotopic (exact) mass is 555 g/mol. The summed E-state index contributed by atoms with van der Waals surface area (Å²) in [4.78, 5) is 44.5. The third kappa shape index (κ3) is 7.13. The Balaban J connectivity index is 1.60. The number of aliphatic imine (C=N–C) groups is 1. The number of anilines is 1. The first-order valence-electron chi connectivity index (χ1n) is 11.5. The van der Waals surface area contributed by atoms with Crippen molar-refractivity contribution in [1.82, 2.24) is 4.90 Å². The predicted octanol–water partition coefficient (Wildman–Crippen LogP) is 6.33. The number of carbonyl (C=O) groups excluding carboxylic acids is 3. The number of carbonyl (C=O) groups is 3. The summed E-state index contributed by atoms with van der Waals surface area (Å²) < 4.78 is 5.03. The SMILES string of the molecule is CCOC(=O)c1ccc(N=C2SC(C(=O)Nc3cc(Cl)cc(Cl)c3)CC(=O)N2Cc2ccccc2)cc1. The van der Waals surface area contributed by atoms with Crippen molar-refractivity contribution in [3.63, 3.8) is 0 Å². The summed E-state index contributed by atoms with van der Waals surface area (Å²) in [7, 11) is 0. The summed E-state index contributed by atoms with van der Waals surface area (Å²) in [6.45, 7) is 2.33. The summed E-state index contributed by atoms with van der Waals surface area (Å²) in [6.07, 6.45) is -0.00154. The lowest BCUT2D eigenvalue weighted by Gasteiger charge is -2.32. The number of esters is 1. The molecule has 0 aliphatic carbocycles. The Morgan fingerprint density at radius 3 is 2.38 bits per heavy atom. The van der Waals surface area contributed by atoms with Crippen molar-refractivity contribution < 1.29 is 19.1 Å². The van der Waals surface area contributed by atoms with E-state index in [9.17, 15) is 14.4 Å². The van der Waals surface area contributed by atoms with E-state index in [0.29, 0.717) is 38.7 Å². The highest BCUT2D eigenvalue weighted by atomic mass is 35.5. The maximum Gasteiger partial charge on any atom is 0.338 e. The van der Waals surface area contributed by atoms with Crippen molar-refractivity contribution in [3.8, 4) is 0 Å². The van der Waals surface area contributed by atoms with Gasteiger partial charge in [-0.15, -0.1) is 0 Å². The lowest BCUT2D eigenvalue weighted by Crippen LogP contribution is -2.44. The van der Waals surface area contributed by atoms with Gasteiger partial charge in [0, 0.05) is 22.2 Å². The van der Waals surface area contributed by atoms with Crippen molar-refractivity contribution >= 4 is 69.3 Å². The van der Waals surface area contributed by atoms with Crippen molar-refractivity contribution in [2.24, 2.45) is 4.99 Å². The van der Waals surface area contributed by atoms with Crippen molar-refractivity contribution in [1.29, 1.82) is 0 Å². The molecule has 0 radical (unpaired) electrons. The molecule has 190 valence electrons. The second kappa shape index (κ2) is 12.3. The van der Waals surface area contributed by atoms with Gasteiger partial charge in [-0.1, -0.05) is 65.3 Å². The Hall–Kier alpha value is -3.33. The van der Waals surface area contributed by atoms with Gasteiger partial charge in [0.15, 0.2) is 5.17 Å². The number of rotatable bonds is 7. The molecule has 1 unspecified atom stereocenters. The largest absolute Gasteiger partial charge is 0.462 e. The number of ether oxygens (including phenoxy) is 1. The molecule has 1 heterocycles. The molecule has 2 amide bonds. The summed E-state index contributed by atoms with van der Waals surface area (Å²) in [6, 6.07) is 20.8. The van der Waals surface area contributed by atoms with Gasteiger partial charge >= 0.3 is 5.97 Å². The second-order valence-electron chi connectivity index (χ2n) is 8.09. The van der Waals surface area contributed by atoms with Crippen LogP contribution < -0.4 is 5.32 Å². The van der Waals surface area contributed by atoms with E-state index >= 15 is 0 Å². The Labute approximate surface area is 228 Å². The Morgan fingerprint density at radius 1 is 1.05 bits per heavy atom. The number of hydrogen-bond acceptors (Lipinski definition) is 6. The van der Waals surface area contributed by atoms with Gasteiger partial charge in [0.2, 0.25) is 11.8 Å². The molecule has 0 saturated carbocycles. The molecule has 7 nitrogen and oxygen atoms in total. The maximum absolute atomic E-state index is 13.2. The van der Waals surface area contributed by atoms with E-state index in [0.717, 1.165) is 5.56 Å². The highest BCUT2D eigenvalue weighted by Crippen LogP contribution is 2.32. The molecule has 37 heavy (non-hydrogen) atoms. The van der Waals surface area contributed by atoms with Gasteiger partial charge in [0.1, 0.15) is 5.25 Å². The van der Waals surface area contributed by atoms with E-state index in [-0.39, 0.29) is 24.8 Å². The van der Waals surface area contributed by atoms with E-state index in [1.54, 1.807) is 54.3 Å². The summed E-state index contributed by atoms with van der Waals surface area (Å²) in [5.41, 5.74) is 2.30. The fourth-order valence-electron chi connectivity index (χ4n) is 3.61. The third-order valence-electron chi connectivity index (χ3n) is 5.35. The minimum absolute atomic E-state index is 0.00154. The van der Waals surface area contributed by atoms with E-state index < -0.39 is 11.2 Å². The van der Waals surface area contributed by atoms with Crippen molar-refractivity contribution in [2.75, 3.05) is 11.9 Å².